The van der Waals surface area contributed by atoms with E-state index in [-0.39, 0.29) is 11.0 Å². The monoisotopic (exact) mass is 250 g/mol. The Morgan fingerprint density at radius 2 is 1.72 bits per heavy atom. The second kappa shape index (κ2) is 5.12. The second-order valence-corrected chi connectivity index (χ2v) is 6.71. The van der Waals surface area contributed by atoms with Gasteiger partial charge in [0.05, 0.1) is 0 Å². The Balaban J connectivity index is 2.86. The number of nitrogens with zero attached hydrogens (tertiary/aromatic N) is 2. The Hall–Kier alpha value is -1.32. The number of anilines is 2. The van der Waals surface area contributed by atoms with Gasteiger partial charge < -0.3 is 10.6 Å². The van der Waals surface area contributed by atoms with Gasteiger partial charge in [-0.05, 0) is 32.6 Å². The van der Waals surface area contributed by atoms with Crippen molar-refractivity contribution < 1.29 is 0 Å². The lowest BCUT2D eigenvalue weighted by Gasteiger charge is -2.33. The van der Waals surface area contributed by atoms with Crippen molar-refractivity contribution in [3.8, 4) is 0 Å². The topological polar surface area (TPSA) is 49.8 Å². The third-order valence-corrected chi connectivity index (χ3v) is 2.52. The second-order valence-electron chi connectivity index (χ2n) is 6.71. The molecule has 4 nitrogen and oxygen atoms in total. The number of aromatic nitrogens is 2. The fourth-order valence-corrected chi connectivity index (χ4v) is 2.46. The molecule has 4 heteroatoms. The average molecular weight is 250 g/mol. The van der Waals surface area contributed by atoms with Crippen molar-refractivity contribution in [3.63, 3.8) is 0 Å². The van der Waals surface area contributed by atoms with Gasteiger partial charge in [-0.3, -0.25) is 0 Å². The van der Waals surface area contributed by atoms with Crippen LogP contribution in [0.15, 0.2) is 6.07 Å². The lowest BCUT2D eigenvalue weighted by molar-refractivity contribution is 0.302. The fraction of sp³-hybridized carbons (Fsp3) is 0.714. The van der Waals surface area contributed by atoms with Gasteiger partial charge in [0, 0.05) is 24.3 Å². The Morgan fingerprint density at radius 1 is 1.11 bits per heavy atom. The van der Waals surface area contributed by atoms with Crippen LogP contribution in [0.2, 0.25) is 0 Å². The molecule has 0 aliphatic heterocycles. The van der Waals surface area contributed by atoms with Gasteiger partial charge in [-0.25, -0.2) is 4.98 Å². The van der Waals surface area contributed by atoms with E-state index in [9.17, 15) is 0 Å². The quantitative estimate of drug-likeness (QED) is 0.859. The molecule has 2 N–H and O–H groups in total. The SMILES string of the molecule is CNc1nc(C)cc(NC(C)(C)CC(C)(C)C)n1. The minimum absolute atomic E-state index is 0.00402. The van der Waals surface area contributed by atoms with Crippen molar-refractivity contribution in [2.45, 2.75) is 53.5 Å². The first kappa shape index (κ1) is 14.7. The third-order valence-electron chi connectivity index (χ3n) is 2.52. The normalized spacial score (nSPS) is 12.4. The summed E-state index contributed by atoms with van der Waals surface area (Å²) in [6, 6.07) is 1.98. The Labute approximate surface area is 111 Å². The van der Waals surface area contributed by atoms with Gasteiger partial charge in [-0.2, -0.15) is 4.98 Å². The molecule has 0 aromatic carbocycles. The molecule has 0 aliphatic rings. The van der Waals surface area contributed by atoms with Gasteiger partial charge in [0.1, 0.15) is 5.82 Å². The van der Waals surface area contributed by atoms with Gasteiger partial charge in [0.15, 0.2) is 0 Å². The van der Waals surface area contributed by atoms with Gasteiger partial charge in [-0.1, -0.05) is 20.8 Å². The molecule has 0 radical (unpaired) electrons. The molecule has 0 aliphatic carbocycles. The van der Waals surface area contributed by atoms with Crippen molar-refractivity contribution in [2.75, 3.05) is 17.7 Å². The van der Waals surface area contributed by atoms with Gasteiger partial charge >= 0.3 is 0 Å². The van der Waals surface area contributed by atoms with Crippen LogP contribution in [0, 0.1) is 12.3 Å². The number of hydrogen-bond acceptors (Lipinski definition) is 4. The molecule has 1 rings (SSSR count). The Bertz CT molecular complexity index is 405. The predicted molar refractivity (Wildman–Crippen MR) is 78.1 cm³/mol. The van der Waals surface area contributed by atoms with Crippen LogP contribution in [-0.4, -0.2) is 22.6 Å². The zero-order valence-electron chi connectivity index (χ0n) is 12.7. The van der Waals surface area contributed by atoms with Crippen LogP contribution in [0.3, 0.4) is 0 Å². The van der Waals surface area contributed by atoms with E-state index < -0.39 is 0 Å². The highest BCUT2D eigenvalue weighted by Crippen LogP contribution is 2.29. The van der Waals surface area contributed by atoms with Crippen LogP contribution in [0.25, 0.3) is 0 Å². The number of aryl methyl sites for hydroxylation is 1. The first-order valence-corrected chi connectivity index (χ1v) is 6.43. The first-order valence-electron chi connectivity index (χ1n) is 6.43. The predicted octanol–water partition coefficient (Wildman–Crippen LogP) is 3.45. The summed E-state index contributed by atoms with van der Waals surface area (Å²) in [6.45, 7) is 13.1. The summed E-state index contributed by atoms with van der Waals surface area (Å²) in [5.41, 5.74) is 1.25. The summed E-state index contributed by atoms with van der Waals surface area (Å²) in [4.78, 5) is 8.73. The Morgan fingerprint density at radius 3 is 2.22 bits per heavy atom. The summed E-state index contributed by atoms with van der Waals surface area (Å²) >= 11 is 0. The molecule has 0 atom stereocenters. The van der Waals surface area contributed by atoms with E-state index in [2.05, 4.69) is 55.2 Å². The molecule has 0 bridgehead atoms. The van der Waals surface area contributed by atoms with Crippen molar-refractivity contribution in [1.82, 2.24) is 9.97 Å². The zero-order chi connectivity index (χ0) is 14.0. The first-order chi connectivity index (χ1) is 8.11. The molecule has 102 valence electrons. The average Bonchev–Trinajstić information content (AvgIpc) is 2.11. The maximum atomic E-state index is 4.43. The molecule has 0 unspecified atom stereocenters. The summed E-state index contributed by atoms with van der Waals surface area (Å²) < 4.78 is 0. The van der Waals surface area contributed by atoms with Crippen LogP contribution >= 0.6 is 0 Å². The number of rotatable bonds is 4. The smallest absolute Gasteiger partial charge is 0.224 e. The van der Waals surface area contributed by atoms with E-state index in [4.69, 9.17) is 0 Å². The number of hydrogen-bond donors (Lipinski definition) is 2. The lowest BCUT2D eigenvalue weighted by Crippen LogP contribution is -2.35. The lowest BCUT2D eigenvalue weighted by atomic mass is 9.82. The fourth-order valence-electron chi connectivity index (χ4n) is 2.46. The molecule has 0 fully saturated rings. The van der Waals surface area contributed by atoms with Crippen molar-refractivity contribution in [3.05, 3.63) is 11.8 Å². The van der Waals surface area contributed by atoms with E-state index >= 15 is 0 Å². The molecular weight excluding hydrogens is 224 g/mol. The highest BCUT2D eigenvalue weighted by atomic mass is 15.1. The van der Waals surface area contributed by atoms with Crippen molar-refractivity contribution in [2.24, 2.45) is 5.41 Å². The van der Waals surface area contributed by atoms with Crippen LogP contribution in [0.1, 0.15) is 46.7 Å². The minimum atomic E-state index is 0.00402. The molecule has 0 saturated carbocycles. The summed E-state index contributed by atoms with van der Waals surface area (Å²) in [5, 5.41) is 6.48. The summed E-state index contributed by atoms with van der Waals surface area (Å²) in [7, 11) is 1.83. The van der Waals surface area contributed by atoms with E-state index in [1.54, 1.807) is 0 Å². The standard InChI is InChI=1S/C14H26N4/c1-10-8-11(17-12(15-7)16-10)18-14(5,6)9-13(2,3)4/h8H,9H2,1-7H3,(H2,15,16,17,18). The van der Waals surface area contributed by atoms with Crippen LogP contribution < -0.4 is 10.6 Å². The molecular formula is C14H26N4. The summed E-state index contributed by atoms with van der Waals surface area (Å²) in [6.07, 6.45) is 1.07. The maximum absolute atomic E-state index is 4.43. The summed E-state index contributed by atoms with van der Waals surface area (Å²) in [5.74, 6) is 1.53. The van der Waals surface area contributed by atoms with E-state index in [0.717, 1.165) is 17.9 Å². The van der Waals surface area contributed by atoms with Crippen LogP contribution in [0.5, 0.6) is 0 Å². The minimum Gasteiger partial charge on any atom is -0.365 e. The van der Waals surface area contributed by atoms with E-state index in [0.29, 0.717) is 5.95 Å². The van der Waals surface area contributed by atoms with Crippen molar-refractivity contribution in [1.29, 1.82) is 0 Å². The molecule has 1 aromatic heterocycles. The van der Waals surface area contributed by atoms with Gasteiger partial charge in [0.2, 0.25) is 5.95 Å². The highest BCUT2D eigenvalue weighted by molar-refractivity contribution is 5.43. The molecule has 0 spiro atoms. The third kappa shape index (κ3) is 4.90. The highest BCUT2D eigenvalue weighted by Gasteiger charge is 2.25. The molecule has 1 aromatic rings. The molecule has 0 saturated heterocycles. The van der Waals surface area contributed by atoms with Crippen LogP contribution in [-0.2, 0) is 0 Å². The molecule has 1 heterocycles. The van der Waals surface area contributed by atoms with Gasteiger partial charge in [0.25, 0.3) is 0 Å². The molecule has 18 heavy (non-hydrogen) atoms. The van der Waals surface area contributed by atoms with Gasteiger partial charge in [-0.15, -0.1) is 0 Å². The largest absolute Gasteiger partial charge is 0.365 e. The Kier molecular flexibility index (Phi) is 4.20. The maximum Gasteiger partial charge on any atom is 0.224 e. The zero-order valence-corrected chi connectivity index (χ0v) is 12.7. The van der Waals surface area contributed by atoms with Crippen LogP contribution in [0.4, 0.5) is 11.8 Å². The van der Waals surface area contributed by atoms with Crippen molar-refractivity contribution >= 4 is 11.8 Å². The number of nitrogens with one attached hydrogen (secondary N) is 2. The van der Waals surface area contributed by atoms with E-state index in [1.165, 1.54) is 0 Å². The molecule has 0 amide bonds. The van der Waals surface area contributed by atoms with E-state index in [1.807, 2.05) is 20.0 Å².